The lowest BCUT2D eigenvalue weighted by atomic mass is 10.1. The normalized spacial score (nSPS) is 13.2. The van der Waals surface area contributed by atoms with Gasteiger partial charge in [0.15, 0.2) is 0 Å². The second-order valence-corrected chi connectivity index (χ2v) is 5.74. The van der Waals surface area contributed by atoms with E-state index in [9.17, 15) is 14.4 Å². The van der Waals surface area contributed by atoms with E-state index in [-0.39, 0.29) is 12.3 Å². The quantitative estimate of drug-likeness (QED) is 0.203. The van der Waals surface area contributed by atoms with E-state index < -0.39 is 24.6 Å². The number of hydrogen-bond acceptors (Lipinski definition) is 8. The Kier molecular flexibility index (Phi) is 10.7. The van der Waals surface area contributed by atoms with Crippen LogP contribution in [-0.4, -0.2) is 30.7 Å². The fraction of sp³-hybridized carbons (Fsp3) is 0.800. The Morgan fingerprint density at radius 3 is 2.30 bits per heavy atom. The molecule has 0 rings (SSSR count). The Hall–Kier alpha value is -1.92. The maximum Gasteiger partial charge on any atom is 0.310 e. The fourth-order valence-electron chi connectivity index (χ4n) is 1.50. The molecule has 8 heteroatoms. The molecule has 0 aromatic carbocycles. The zero-order chi connectivity index (χ0) is 17.8. The monoisotopic (exact) mass is 330 g/mol. The smallest absolute Gasteiger partial charge is 0.310 e. The molecule has 0 heterocycles. The molecule has 0 radical (unpaired) electrons. The molecule has 0 aliphatic heterocycles. The molecule has 0 bridgehead atoms. The zero-order valence-electron chi connectivity index (χ0n) is 14.3. The van der Waals surface area contributed by atoms with E-state index in [0.717, 1.165) is 6.42 Å². The van der Waals surface area contributed by atoms with E-state index in [1.54, 1.807) is 13.8 Å². The topological polar surface area (TPSA) is 103 Å². The number of hydrazone groups is 1. The molecule has 8 nitrogen and oxygen atoms in total. The summed E-state index contributed by atoms with van der Waals surface area (Å²) < 4.78 is 15.2. The van der Waals surface area contributed by atoms with E-state index >= 15 is 0 Å². The Morgan fingerprint density at radius 1 is 1.13 bits per heavy atom. The lowest BCUT2D eigenvalue weighted by molar-refractivity contribution is -0.242. The first-order valence-electron chi connectivity index (χ1n) is 7.64. The summed E-state index contributed by atoms with van der Waals surface area (Å²) >= 11 is 0. The van der Waals surface area contributed by atoms with Crippen LogP contribution in [-0.2, 0) is 28.6 Å². The lowest BCUT2D eigenvalue weighted by Gasteiger charge is -2.22. The van der Waals surface area contributed by atoms with E-state index in [0.29, 0.717) is 12.3 Å². The Bertz CT molecular complexity index is 418. The van der Waals surface area contributed by atoms with Gasteiger partial charge in [0.2, 0.25) is 6.29 Å². The number of nitrogens with one attached hydrogen (secondary N) is 1. The SMILES string of the molecule is CC(C)CCCC(=O)O[C@@H](NN=C=O)O[C@@H](C)OC(=O)C(C)C. The number of rotatable bonds is 11. The van der Waals surface area contributed by atoms with E-state index in [1.165, 1.54) is 13.0 Å². The van der Waals surface area contributed by atoms with Gasteiger partial charge < -0.3 is 9.47 Å². The van der Waals surface area contributed by atoms with Crippen LogP contribution in [0.5, 0.6) is 0 Å². The molecule has 1 N–H and O–H groups in total. The van der Waals surface area contributed by atoms with Gasteiger partial charge in [0.1, 0.15) is 0 Å². The van der Waals surface area contributed by atoms with Gasteiger partial charge in [0, 0.05) is 6.42 Å². The van der Waals surface area contributed by atoms with Crippen molar-refractivity contribution >= 4 is 18.0 Å². The molecule has 0 spiro atoms. The van der Waals surface area contributed by atoms with Gasteiger partial charge in [-0.2, -0.15) is 0 Å². The predicted octanol–water partition coefficient (Wildman–Crippen LogP) is 2.04. The molecule has 0 aromatic rings. The Labute approximate surface area is 136 Å². The molecule has 2 atom stereocenters. The Morgan fingerprint density at radius 2 is 1.78 bits per heavy atom. The van der Waals surface area contributed by atoms with Crippen LogP contribution in [0.15, 0.2) is 5.10 Å². The average Bonchev–Trinajstić information content (AvgIpc) is 2.43. The van der Waals surface area contributed by atoms with Crippen molar-refractivity contribution in [1.82, 2.24) is 5.43 Å². The lowest BCUT2D eigenvalue weighted by Crippen LogP contribution is -2.37. The van der Waals surface area contributed by atoms with Gasteiger partial charge in [-0.25, -0.2) is 10.2 Å². The summed E-state index contributed by atoms with van der Waals surface area (Å²) in [5.41, 5.74) is 2.18. The fourth-order valence-corrected chi connectivity index (χ4v) is 1.50. The van der Waals surface area contributed by atoms with Crippen LogP contribution in [0.25, 0.3) is 0 Å². The highest BCUT2D eigenvalue weighted by Gasteiger charge is 2.21. The van der Waals surface area contributed by atoms with Crippen LogP contribution in [0.4, 0.5) is 0 Å². The van der Waals surface area contributed by atoms with Gasteiger partial charge in [0.05, 0.1) is 5.92 Å². The minimum absolute atomic E-state index is 0.213. The minimum Gasteiger partial charge on any atom is -0.436 e. The number of isocyanates is 1. The van der Waals surface area contributed by atoms with Crippen molar-refractivity contribution in [3.8, 4) is 0 Å². The average molecular weight is 330 g/mol. The molecule has 132 valence electrons. The molecule has 0 unspecified atom stereocenters. The van der Waals surface area contributed by atoms with Crippen LogP contribution in [0.2, 0.25) is 0 Å². The maximum atomic E-state index is 11.7. The van der Waals surface area contributed by atoms with Gasteiger partial charge in [-0.05, 0) is 19.3 Å². The minimum atomic E-state index is -1.34. The van der Waals surface area contributed by atoms with Crippen molar-refractivity contribution in [3.63, 3.8) is 0 Å². The summed E-state index contributed by atoms with van der Waals surface area (Å²) in [6.07, 6.45) is 0.716. The molecular formula is C15H26N2O6. The second-order valence-electron chi connectivity index (χ2n) is 5.74. The van der Waals surface area contributed by atoms with Crippen LogP contribution >= 0.6 is 0 Å². The summed E-state index contributed by atoms with van der Waals surface area (Å²) in [7, 11) is 0. The van der Waals surface area contributed by atoms with Crippen molar-refractivity contribution in [2.24, 2.45) is 16.9 Å². The largest absolute Gasteiger partial charge is 0.436 e. The summed E-state index contributed by atoms with van der Waals surface area (Å²) in [5.74, 6) is -0.799. The standard InChI is InChI=1S/C15H26N2O6/c1-10(2)7-6-8-13(19)23-15(17-16-9-18)22-12(5)21-14(20)11(3)4/h10-12,15,17H,6-8H2,1-5H3/t12-,15-/m0/s1. The van der Waals surface area contributed by atoms with Crippen molar-refractivity contribution < 1.29 is 28.6 Å². The van der Waals surface area contributed by atoms with Gasteiger partial charge in [-0.1, -0.05) is 39.2 Å². The highest BCUT2D eigenvalue weighted by Crippen LogP contribution is 2.09. The van der Waals surface area contributed by atoms with Gasteiger partial charge in [0.25, 0.3) is 6.08 Å². The molecule has 0 aliphatic carbocycles. The van der Waals surface area contributed by atoms with Crippen LogP contribution in [0.1, 0.15) is 53.9 Å². The summed E-state index contributed by atoms with van der Waals surface area (Å²) in [5, 5.41) is 3.10. The number of carbonyl (C=O) groups is 2. The third kappa shape index (κ3) is 11.3. The molecular weight excluding hydrogens is 304 g/mol. The first kappa shape index (κ1) is 21.1. The zero-order valence-corrected chi connectivity index (χ0v) is 14.3. The van der Waals surface area contributed by atoms with Crippen molar-refractivity contribution in [2.45, 2.75) is 66.6 Å². The van der Waals surface area contributed by atoms with Gasteiger partial charge in [-0.15, -0.1) is 0 Å². The van der Waals surface area contributed by atoms with Crippen LogP contribution < -0.4 is 5.43 Å². The van der Waals surface area contributed by atoms with Crippen molar-refractivity contribution in [2.75, 3.05) is 0 Å². The molecule has 0 saturated carbocycles. The third-order valence-corrected chi connectivity index (χ3v) is 2.69. The number of carbonyl (C=O) groups excluding carboxylic acids is 3. The maximum absolute atomic E-state index is 11.7. The summed E-state index contributed by atoms with van der Waals surface area (Å²) in [6, 6.07) is 0. The summed E-state index contributed by atoms with van der Waals surface area (Å²) in [6.45, 7) is 8.93. The second kappa shape index (κ2) is 11.6. The Balaban J connectivity index is 4.42. The van der Waals surface area contributed by atoms with Crippen LogP contribution in [0.3, 0.4) is 0 Å². The van der Waals surface area contributed by atoms with Crippen molar-refractivity contribution in [3.05, 3.63) is 0 Å². The third-order valence-electron chi connectivity index (χ3n) is 2.69. The highest BCUT2D eigenvalue weighted by molar-refractivity contribution is 5.71. The number of hydrogen-bond donors (Lipinski definition) is 1. The molecule has 0 fully saturated rings. The van der Waals surface area contributed by atoms with E-state index in [1.807, 2.05) is 0 Å². The van der Waals surface area contributed by atoms with Crippen molar-refractivity contribution in [1.29, 1.82) is 0 Å². The van der Waals surface area contributed by atoms with Gasteiger partial charge in [-0.3, -0.25) is 14.3 Å². The predicted molar refractivity (Wildman–Crippen MR) is 81.3 cm³/mol. The molecule has 0 aromatic heterocycles. The van der Waals surface area contributed by atoms with Crippen LogP contribution in [0, 0.1) is 11.8 Å². The first-order valence-corrected chi connectivity index (χ1v) is 7.64. The van der Waals surface area contributed by atoms with Gasteiger partial charge >= 0.3 is 18.4 Å². The molecule has 23 heavy (non-hydrogen) atoms. The highest BCUT2D eigenvalue weighted by atomic mass is 16.8. The summed E-state index contributed by atoms with van der Waals surface area (Å²) in [4.78, 5) is 33.3. The van der Waals surface area contributed by atoms with E-state index in [4.69, 9.17) is 14.2 Å². The molecule has 0 aliphatic rings. The molecule has 0 saturated heterocycles. The number of nitrogens with zero attached hydrogens (tertiary/aromatic N) is 1. The number of esters is 2. The molecule has 0 amide bonds. The first-order chi connectivity index (χ1) is 10.8. The number of ether oxygens (including phenoxy) is 3. The van der Waals surface area contributed by atoms with E-state index in [2.05, 4.69) is 24.4 Å².